The van der Waals surface area contributed by atoms with Crippen molar-refractivity contribution in [2.24, 2.45) is 0 Å². The third kappa shape index (κ3) is 6.37. The Morgan fingerprint density at radius 2 is 1.73 bits per heavy atom. The molecule has 0 aromatic heterocycles. The predicted octanol–water partition coefficient (Wildman–Crippen LogP) is 4.80. The van der Waals surface area contributed by atoms with Crippen molar-refractivity contribution in [2.45, 2.75) is 53.4 Å². The summed E-state index contributed by atoms with van der Waals surface area (Å²) in [5, 5.41) is 3.59. The first-order chi connectivity index (χ1) is 10.5. The van der Waals surface area contributed by atoms with Gasteiger partial charge in [-0.15, -0.1) is 0 Å². The average molecular weight is 325 g/mol. The van der Waals surface area contributed by atoms with Gasteiger partial charge >= 0.3 is 0 Å². The lowest BCUT2D eigenvalue weighted by Gasteiger charge is -2.22. The summed E-state index contributed by atoms with van der Waals surface area (Å²) >= 11 is 6.25. The lowest BCUT2D eigenvalue weighted by atomic mass is 10.1. The summed E-state index contributed by atoms with van der Waals surface area (Å²) in [4.78, 5) is 14.6. The van der Waals surface area contributed by atoms with Gasteiger partial charge in [-0.3, -0.25) is 9.69 Å². The van der Waals surface area contributed by atoms with Gasteiger partial charge in [-0.1, -0.05) is 44.4 Å². The summed E-state index contributed by atoms with van der Waals surface area (Å²) in [7, 11) is 0. The van der Waals surface area contributed by atoms with E-state index in [9.17, 15) is 4.79 Å². The van der Waals surface area contributed by atoms with Crippen LogP contribution < -0.4 is 5.32 Å². The number of rotatable bonds is 9. The van der Waals surface area contributed by atoms with Crippen LogP contribution in [0.2, 0.25) is 5.02 Å². The maximum Gasteiger partial charge on any atom is 0.238 e. The van der Waals surface area contributed by atoms with Gasteiger partial charge < -0.3 is 5.32 Å². The zero-order valence-electron chi connectivity index (χ0n) is 14.3. The molecule has 0 radical (unpaired) electrons. The lowest BCUT2D eigenvalue weighted by molar-refractivity contribution is -0.117. The number of amides is 1. The van der Waals surface area contributed by atoms with Crippen LogP contribution in [0, 0.1) is 13.8 Å². The third-order valence-electron chi connectivity index (χ3n) is 3.72. The maximum absolute atomic E-state index is 12.3. The summed E-state index contributed by atoms with van der Waals surface area (Å²) in [6, 6.07) is 3.92. The molecule has 124 valence electrons. The molecule has 0 aliphatic rings. The molecule has 0 fully saturated rings. The van der Waals surface area contributed by atoms with Crippen LogP contribution in [-0.4, -0.2) is 30.4 Å². The van der Waals surface area contributed by atoms with E-state index in [0.717, 1.165) is 55.6 Å². The van der Waals surface area contributed by atoms with Crippen LogP contribution in [0.4, 0.5) is 5.69 Å². The molecule has 0 saturated heterocycles. The maximum atomic E-state index is 12.3. The van der Waals surface area contributed by atoms with Crippen LogP contribution >= 0.6 is 11.6 Å². The topological polar surface area (TPSA) is 32.3 Å². The second kappa shape index (κ2) is 9.86. The van der Waals surface area contributed by atoms with Gasteiger partial charge in [0.1, 0.15) is 0 Å². The third-order valence-corrected chi connectivity index (χ3v) is 4.02. The number of hydrogen-bond donors (Lipinski definition) is 1. The number of nitrogens with zero attached hydrogens (tertiary/aromatic N) is 1. The molecule has 0 bridgehead atoms. The fourth-order valence-corrected chi connectivity index (χ4v) is 2.86. The van der Waals surface area contributed by atoms with Crippen LogP contribution in [-0.2, 0) is 4.79 Å². The molecule has 1 aromatic rings. The lowest BCUT2D eigenvalue weighted by Crippen LogP contribution is -2.35. The van der Waals surface area contributed by atoms with E-state index in [0.29, 0.717) is 11.6 Å². The number of aryl methyl sites for hydroxylation is 2. The monoisotopic (exact) mass is 324 g/mol. The first-order valence-electron chi connectivity index (χ1n) is 8.26. The van der Waals surface area contributed by atoms with Crippen molar-refractivity contribution in [1.82, 2.24) is 4.90 Å². The Balaban J connectivity index is 2.66. The fraction of sp³-hybridized carbons (Fsp3) is 0.611. The molecule has 3 nitrogen and oxygen atoms in total. The van der Waals surface area contributed by atoms with Crippen LogP contribution in [0.15, 0.2) is 12.1 Å². The molecule has 1 amide bonds. The fourth-order valence-electron chi connectivity index (χ4n) is 2.49. The van der Waals surface area contributed by atoms with Gasteiger partial charge in [0, 0.05) is 0 Å². The van der Waals surface area contributed by atoms with E-state index in [4.69, 9.17) is 11.6 Å². The summed E-state index contributed by atoms with van der Waals surface area (Å²) in [6.45, 7) is 10.7. The quantitative estimate of drug-likeness (QED) is 0.707. The Hall–Kier alpha value is -1.06. The summed E-state index contributed by atoms with van der Waals surface area (Å²) < 4.78 is 0. The zero-order valence-corrected chi connectivity index (χ0v) is 15.1. The second-order valence-electron chi connectivity index (χ2n) is 5.97. The largest absolute Gasteiger partial charge is 0.323 e. The van der Waals surface area contributed by atoms with Crippen molar-refractivity contribution in [3.63, 3.8) is 0 Å². The molecule has 0 heterocycles. The molecule has 22 heavy (non-hydrogen) atoms. The molecule has 0 saturated carbocycles. The molecule has 1 N–H and O–H groups in total. The molecule has 0 atom stereocenters. The molecular weight excluding hydrogens is 296 g/mol. The highest BCUT2D eigenvalue weighted by Gasteiger charge is 2.13. The predicted molar refractivity (Wildman–Crippen MR) is 95.8 cm³/mol. The van der Waals surface area contributed by atoms with Crippen molar-refractivity contribution in [3.05, 3.63) is 28.3 Å². The molecule has 0 spiro atoms. The van der Waals surface area contributed by atoms with Crippen LogP contribution in [0.5, 0.6) is 0 Å². The van der Waals surface area contributed by atoms with E-state index in [-0.39, 0.29) is 5.91 Å². The summed E-state index contributed by atoms with van der Waals surface area (Å²) in [6.07, 6.45) is 4.54. The SMILES string of the molecule is CCCCN(CCCC)CC(=O)Nc1c(C)cc(C)cc1Cl. The minimum absolute atomic E-state index is 0.0149. The van der Waals surface area contributed by atoms with Gasteiger partial charge in [-0.2, -0.15) is 0 Å². The Labute approximate surface area is 140 Å². The van der Waals surface area contributed by atoms with E-state index in [2.05, 4.69) is 24.1 Å². The van der Waals surface area contributed by atoms with E-state index >= 15 is 0 Å². The van der Waals surface area contributed by atoms with E-state index < -0.39 is 0 Å². The number of carbonyl (C=O) groups is 1. The number of hydrogen-bond acceptors (Lipinski definition) is 2. The van der Waals surface area contributed by atoms with Crippen molar-refractivity contribution >= 4 is 23.2 Å². The van der Waals surface area contributed by atoms with E-state index in [1.54, 1.807) is 0 Å². The highest BCUT2D eigenvalue weighted by atomic mass is 35.5. The molecule has 1 rings (SSSR count). The minimum atomic E-state index is 0.0149. The van der Waals surface area contributed by atoms with Crippen LogP contribution in [0.1, 0.15) is 50.7 Å². The molecule has 0 unspecified atom stereocenters. The standard InChI is InChI=1S/C18H29ClN2O/c1-5-7-9-21(10-8-6-2)13-17(22)20-18-15(4)11-14(3)12-16(18)19/h11-12H,5-10,13H2,1-4H3,(H,20,22). The van der Waals surface area contributed by atoms with Crippen molar-refractivity contribution < 1.29 is 4.79 Å². The van der Waals surface area contributed by atoms with Gasteiger partial charge in [0.2, 0.25) is 5.91 Å². The number of benzene rings is 1. The van der Waals surface area contributed by atoms with Crippen molar-refractivity contribution in [3.8, 4) is 0 Å². The van der Waals surface area contributed by atoms with Crippen LogP contribution in [0.3, 0.4) is 0 Å². The first kappa shape index (κ1) is 19.0. The number of unbranched alkanes of at least 4 members (excludes halogenated alkanes) is 2. The highest BCUT2D eigenvalue weighted by molar-refractivity contribution is 6.34. The Kier molecular flexibility index (Phi) is 8.51. The van der Waals surface area contributed by atoms with Gasteiger partial charge in [0.25, 0.3) is 0 Å². The zero-order chi connectivity index (χ0) is 16.5. The molecule has 0 aliphatic heterocycles. The van der Waals surface area contributed by atoms with E-state index in [1.807, 2.05) is 26.0 Å². The van der Waals surface area contributed by atoms with Crippen LogP contribution in [0.25, 0.3) is 0 Å². The average Bonchev–Trinajstić information content (AvgIpc) is 2.45. The van der Waals surface area contributed by atoms with E-state index in [1.165, 1.54) is 0 Å². The van der Waals surface area contributed by atoms with Gasteiger partial charge in [-0.25, -0.2) is 0 Å². The smallest absolute Gasteiger partial charge is 0.238 e. The Morgan fingerprint density at radius 1 is 1.14 bits per heavy atom. The van der Waals surface area contributed by atoms with Gasteiger partial charge in [0.15, 0.2) is 0 Å². The number of halogens is 1. The van der Waals surface area contributed by atoms with Gasteiger partial charge in [-0.05, 0) is 57.0 Å². The molecule has 0 aliphatic carbocycles. The molecule has 4 heteroatoms. The number of nitrogens with one attached hydrogen (secondary N) is 1. The van der Waals surface area contributed by atoms with Gasteiger partial charge in [0.05, 0.1) is 17.3 Å². The summed E-state index contributed by atoms with van der Waals surface area (Å²) in [5.41, 5.74) is 2.85. The highest BCUT2D eigenvalue weighted by Crippen LogP contribution is 2.27. The molecular formula is C18H29ClN2O. The minimum Gasteiger partial charge on any atom is -0.323 e. The normalized spacial score (nSPS) is 11.0. The van der Waals surface area contributed by atoms with Crippen molar-refractivity contribution in [1.29, 1.82) is 0 Å². The number of carbonyl (C=O) groups excluding carboxylic acids is 1. The Morgan fingerprint density at radius 3 is 2.23 bits per heavy atom. The molecule has 1 aromatic carbocycles. The number of anilines is 1. The Bertz CT molecular complexity index is 457. The second-order valence-corrected chi connectivity index (χ2v) is 6.38. The van der Waals surface area contributed by atoms with Crippen molar-refractivity contribution in [2.75, 3.05) is 25.0 Å². The first-order valence-corrected chi connectivity index (χ1v) is 8.64. The summed E-state index contributed by atoms with van der Waals surface area (Å²) in [5.74, 6) is 0.0149.